The number of nitrogens with one attached hydrogen (secondary N) is 1. The van der Waals surface area contributed by atoms with Crippen molar-refractivity contribution < 1.29 is 18.0 Å². The number of nitrogens with zero attached hydrogens (tertiary/aromatic N) is 2. The zero-order valence-corrected chi connectivity index (χ0v) is 20.5. The Hall–Kier alpha value is -1.93. The molecule has 4 rings (SSSR count). The van der Waals surface area contributed by atoms with Crippen LogP contribution in [-0.4, -0.2) is 49.7 Å². The summed E-state index contributed by atoms with van der Waals surface area (Å²) < 4.78 is 27.9. The Kier molecular flexibility index (Phi) is 7.74. The fourth-order valence-corrected chi connectivity index (χ4v) is 7.00. The lowest BCUT2D eigenvalue weighted by Gasteiger charge is -2.28. The van der Waals surface area contributed by atoms with Gasteiger partial charge in [0.25, 0.3) is 0 Å². The molecule has 0 bridgehead atoms. The Balaban J connectivity index is 1.55. The minimum Gasteiger partial charge on any atom is -0.352 e. The van der Waals surface area contributed by atoms with E-state index in [1.807, 2.05) is 0 Å². The molecule has 7 nitrogen and oxygen atoms in total. The molecule has 1 aromatic carbocycles. The zero-order valence-electron chi connectivity index (χ0n) is 19.7. The van der Waals surface area contributed by atoms with Crippen LogP contribution in [0.4, 0.5) is 5.69 Å². The number of carbonyl (C=O) groups excluding carboxylic acids is 2. The van der Waals surface area contributed by atoms with E-state index < -0.39 is 16.1 Å². The van der Waals surface area contributed by atoms with E-state index in [1.165, 1.54) is 19.3 Å². The van der Waals surface area contributed by atoms with Crippen molar-refractivity contribution in [1.29, 1.82) is 0 Å². The van der Waals surface area contributed by atoms with Gasteiger partial charge in [-0.1, -0.05) is 45.4 Å². The molecule has 2 aliphatic heterocycles. The minimum absolute atomic E-state index is 0.113. The summed E-state index contributed by atoms with van der Waals surface area (Å²) in [5.74, 6) is -0.239. The molecule has 0 spiro atoms. The molecule has 1 saturated carbocycles. The van der Waals surface area contributed by atoms with Crippen LogP contribution in [-0.2, 0) is 26.0 Å². The molecule has 1 aromatic rings. The lowest BCUT2D eigenvalue weighted by molar-refractivity contribution is -0.126. The number of rotatable bonds is 5. The number of fused-ring (bicyclic) bond motifs is 1. The SMILES string of the molecule is CCC(=O)N1c2ccc(S(=O)(=O)N3CCCCC3)cc2C[C@@H]1C(=O)NC1CCCCCCC1. The van der Waals surface area contributed by atoms with Crippen LogP contribution in [0, 0.1) is 0 Å². The van der Waals surface area contributed by atoms with Gasteiger partial charge < -0.3 is 5.32 Å². The molecule has 182 valence electrons. The number of carbonyl (C=O) groups is 2. The van der Waals surface area contributed by atoms with Gasteiger partial charge in [0, 0.05) is 37.7 Å². The highest BCUT2D eigenvalue weighted by atomic mass is 32.2. The number of piperidine rings is 1. The van der Waals surface area contributed by atoms with Crippen molar-refractivity contribution >= 4 is 27.5 Å². The van der Waals surface area contributed by atoms with Crippen LogP contribution in [0.1, 0.15) is 83.1 Å². The van der Waals surface area contributed by atoms with Crippen LogP contribution in [0.2, 0.25) is 0 Å². The monoisotopic (exact) mass is 475 g/mol. The molecule has 2 heterocycles. The molecule has 2 amide bonds. The van der Waals surface area contributed by atoms with Crippen LogP contribution in [0.3, 0.4) is 0 Å². The summed E-state index contributed by atoms with van der Waals surface area (Å²) in [4.78, 5) is 28.0. The van der Waals surface area contributed by atoms with Gasteiger partial charge in [-0.2, -0.15) is 4.31 Å². The highest BCUT2D eigenvalue weighted by molar-refractivity contribution is 7.89. The van der Waals surface area contributed by atoms with Gasteiger partial charge in [0.2, 0.25) is 21.8 Å². The molecule has 0 unspecified atom stereocenters. The van der Waals surface area contributed by atoms with E-state index in [1.54, 1.807) is 34.3 Å². The first kappa shape index (κ1) is 24.2. The molecule has 1 aliphatic carbocycles. The van der Waals surface area contributed by atoms with E-state index >= 15 is 0 Å². The maximum absolute atomic E-state index is 13.3. The summed E-state index contributed by atoms with van der Waals surface area (Å²) in [7, 11) is -3.57. The fourth-order valence-electron chi connectivity index (χ4n) is 5.43. The van der Waals surface area contributed by atoms with Crippen molar-refractivity contribution in [2.24, 2.45) is 0 Å². The predicted octanol–water partition coefficient (Wildman–Crippen LogP) is 3.76. The number of hydrogen-bond acceptors (Lipinski definition) is 4. The van der Waals surface area contributed by atoms with Gasteiger partial charge in [-0.15, -0.1) is 0 Å². The van der Waals surface area contributed by atoms with Crippen molar-refractivity contribution in [1.82, 2.24) is 9.62 Å². The van der Waals surface area contributed by atoms with Crippen LogP contribution in [0.5, 0.6) is 0 Å². The average molecular weight is 476 g/mol. The first-order chi connectivity index (χ1) is 15.9. The second kappa shape index (κ2) is 10.6. The molecule has 1 N–H and O–H groups in total. The normalized spacial score (nSPS) is 22.9. The van der Waals surface area contributed by atoms with Gasteiger partial charge in [0.15, 0.2) is 0 Å². The minimum atomic E-state index is -3.57. The average Bonchev–Trinajstić information content (AvgIpc) is 3.20. The van der Waals surface area contributed by atoms with Crippen LogP contribution < -0.4 is 10.2 Å². The first-order valence-corrected chi connectivity index (χ1v) is 14.1. The maximum Gasteiger partial charge on any atom is 0.243 e. The lowest BCUT2D eigenvalue weighted by Crippen LogP contribution is -2.50. The number of benzene rings is 1. The summed E-state index contributed by atoms with van der Waals surface area (Å²) >= 11 is 0. The first-order valence-electron chi connectivity index (χ1n) is 12.7. The van der Waals surface area contributed by atoms with Crippen LogP contribution in [0.25, 0.3) is 0 Å². The highest BCUT2D eigenvalue weighted by Crippen LogP contribution is 2.36. The standard InChI is InChI=1S/C25H37N3O4S/c1-2-24(29)28-22-14-13-21(33(31,32)27-15-9-6-10-16-27)17-19(22)18-23(28)25(30)26-20-11-7-4-3-5-8-12-20/h13-14,17,20,23H,2-12,15-16,18H2,1H3,(H,26,30)/t23-/m1/s1. The lowest BCUT2D eigenvalue weighted by atomic mass is 9.96. The highest BCUT2D eigenvalue weighted by Gasteiger charge is 2.39. The zero-order chi connectivity index (χ0) is 23.4. The number of hydrogen-bond donors (Lipinski definition) is 1. The van der Waals surface area contributed by atoms with Crippen molar-refractivity contribution in [3.63, 3.8) is 0 Å². The number of sulfonamides is 1. The Morgan fingerprint density at radius 3 is 2.27 bits per heavy atom. The van der Waals surface area contributed by atoms with E-state index in [2.05, 4.69) is 5.32 Å². The molecule has 8 heteroatoms. The predicted molar refractivity (Wildman–Crippen MR) is 129 cm³/mol. The van der Waals surface area contributed by atoms with E-state index in [-0.39, 0.29) is 22.8 Å². The summed E-state index contributed by atoms with van der Waals surface area (Å²) in [6.07, 6.45) is 11.3. The Morgan fingerprint density at radius 1 is 0.970 bits per heavy atom. The van der Waals surface area contributed by atoms with Crippen molar-refractivity contribution in [2.75, 3.05) is 18.0 Å². The van der Waals surface area contributed by atoms with Crippen molar-refractivity contribution in [2.45, 2.75) is 101 Å². The van der Waals surface area contributed by atoms with Crippen molar-refractivity contribution in [3.8, 4) is 0 Å². The molecule has 1 saturated heterocycles. The smallest absolute Gasteiger partial charge is 0.243 e. The third kappa shape index (κ3) is 5.27. The molecule has 2 fully saturated rings. The number of amides is 2. The van der Waals surface area contributed by atoms with Gasteiger partial charge in [0.1, 0.15) is 6.04 Å². The van der Waals surface area contributed by atoms with Gasteiger partial charge in [-0.3, -0.25) is 14.5 Å². The topological polar surface area (TPSA) is 86.8 Å². The molecule has 0 radical (unpaired) electrons. The van der Waals surface area contributed by atoms with Crippen LogP contribution >= 0.6 is 0 Å². The maximum atomic E-state index is 13.3. The summed E-state index contributed by atoms with van der Waals surface area (Å²) in [6, 6.07) is 4.51. The van der Waals surface area contributed by atoms with Gasteiger partial charge in [0.05, 0.1) is 4.90 Å². The molecule has 1 atom stereocenters. The molecule has 3 aliphatic rings. The Bertz CT molecular complexity index is 964. The summed E-state index contributed by atoms with van der Waals surface area (Å²) in [5, 5.41) is 3.21. The molecular weight excluding hydrogens is 438 g/mol. The molecule has 33 heavy (non-hydrogen) atoms. The molecular formula is C25H37N3O4S. The largest absolute Gasteiger partial charge is 0.352 e. The molecule has 0 aromatic heterocycles. The van der Waals surface area contributed by atoms with E-state index in [0.717, 1.165) is 50.5 Å². The second-order valence-electron chi connectivity index (χ2n) is 9.64. The van der Waals surface area contributed by atoms with E-state index in [4.69, 9.17) is 0 Å². The van der Waals surface area contributed by atoms with Gasteiger partial charge in [-0.05, 0) is 49.4 Å². The Labute approximate surface area is 198 Å². The second-order valence-corrected chi connectivity index (χ2v) is 11.6. The van der Waals surface area contributed by atoms with E-state index in [9.17, 15) is 18.0 Å². The van der Waals surface area contributed by atoms with Crippen LogP contribution in [0.15, 0.2) is 23.1 Å². The quantitative estimate of drug-likeness (QED) is 0.703. The summed E-state index contributed by atoms with van der Waals surface area (Å²) in [5.41, 5.74) is 1.42. The third-order valence-corrected chi connectivity index (χ3v) is 9.21. The van der Waals surface area contributed by atoms with Gasteiger partial charge >= 0.3 is 0 Å². The van der Waals surface area contributed by atoms with E-state index in [0.29, 0.717) is 31.6 Å². The summed E-state index contributed by atoms with van der Waals surface area (Å²) in [6.45, 7) is 2.89. The number of anilines is 1. The third-order valence-electron chi connectivity index (χ3n) is 7.31. The Morgan fingerprint density at radius 2 is 1.61 bits per heavy atom. The van der Waals surface area contributed by atoms with Gasteiger partial charge in [-0.25, -0.2) is 8.42 Å². The van der Waals surface area contributed by atoms with Crippen molar-refractivity contribution in [3.05, 3.63) is 23.8 Å². The fraction of sp³-hybridized carbons (Fsp3) is 0.680.